The Hall–Kier alpha value is -1.54. The highest BCUT2D eigenvalue weighted by Gasteiger charge is 2.09. The number of pyridine rings is 1. The second-order valence-corrected chi connectivity index (χ2v) is 5.32. The lowest BCUT2D eigenvalue weighted by atomic mass is 10.1. The maximum absolute atomic E-state index is 12.4. The highest BCUT2D eigenvalue weighted by Crippen LogP contribution is 2.20. The van der Waals surface area contributed by atoms with E-state index in [2.05, 4.69) is 38.1 Å². The highest BCUT2D eigenvalue weighted by atomic mass is 35.5. The first kappa shape index (κ1) is 14.9. The summed E-state index contributed by atoms with van der Waals surface area (Å²) in [7, 11) is 0. The summed E-state index contributed by atoms with van der Waals surface area (Å²) < 4.78 is 1.85. The van der Waals surface area contributed by atoms with Crippen molar-refractivity contribution in [2.24, 2.45) is 0 Å². The van der Waals surface area contributed by atoms with Gasteiger partial charge in [-0.25, -0.2) is 0 Å². The Labute approximate surface area is 125 Å². The van der Waals surface area contributed by atoms with Crippen molar-refractivity contribution >= 4 is 11.6 Å². The fourth-order valence-corrected chi connectivity index (χ4v) is 2.44. The third-order valence-corrected chi connectivity index (χ3v) is 3.77. The van der Waals surface area contributed by atoms with E-state index < -0.39 is 0 Å². The van der Waals surface area contributed by atoms with Crippen molar-refractivity contribution in [3.63, 3.8) is 0 Å². The smallest absolute Gasteiger partial charge is 0.255 e. The van der Waals surface area contributed by atoms with E-state index >= 15 is 0 Å². The molecule has 1 aromatic heterocycles. The van der Waals surface area contributed by atoms with E-state index in [0.717, 1.165) is 30.6 Å². The van der Waals surface area contributed by atoms with E-state index in [0.29, 0.717) is 5.56 Å². The van der Waals surface area contributed by atoms with Crippen molar-refractivity contribution in [1.29, 1.82) is 0 Å². The van der Waals surface area contributed by atoms with Crippen LogP contribution in [0.25, 0.3) is 11.3 Å². The third kappa shape index (κ3) is 3.13. The molecular formula is C17H20ClNO. The molecule has 1 heterocycles. The molecule has 0 aliphatic rings. The van der Waals surface area contributed by atoms with E-state index in [9.17, 15) is 4.79 Å². The van der Waals surface area contributed by atoms with Crippen molar-refractivity contribution in [3.05, 3.63) is 57.9 Å². The van der Waals surface area contributed by atoms with Gasteiger partial charge in [-0.05, 0) is 25.0 Å². The Bertz CT molecular complexity index is 628. The van der Waals surface area contributed by atoms with E-state index in [1.807, 2.05) is 16.7 Å². The number of halogens is 1. The van der Waals surface area contributed by atoms with Gasteiger partial charge >= 0.3 is 0 Å². The van der Waals surface area contributed by atoms with Crippen LogP contribution in [-0.2, 0) is 12.4 Å². The molecule has 20 heavy (non-hydrogen) atoms. The topological polar surface area (TPSA) is 22.0 Å². The molecule has 0 aliphatic heterocycles. The molecule has 2 nitrogen and oxygen atoms in total. The number of rotatable bonds is 5. The molecule has 0 unspecified atom stereocenters. The first-order valence-corrected chi connectivity index (χ1v) is 7.56. The Balaban J connectivity index is 2.54. The summed E-state index contributed by atoms with van der Waals surface area (Å²) in [5.41, 5.74) is 3.96. The van der Waals surface area contributed by atoms with Crippen LogP contribution in [-0.4, -0.2) is 4.57 Å². The van der Waals surface area contributed by atoms with Gasteiger partial charge in [0.15, 0.2) is 0 Å². The van der Waals surface area contributed by atoms with Crippen LogP contribution >= 0.6 is 11.6 Å². The largest absolute Gasteiger partial charge is 0.308 e. The highest BCUT2D eigenvalue weighted by molar-refractivity contribution is 6.17. The summed E-state index contributed by atoms with van der Waals surface area (Å²) in [6.45, 7) is 4.93. The maximum atomic E-state index is 12.4. The van der Waals surface area contributed by atoms with E-state index in [1.54, 1.807) is 0 Å². The SMILES string of the molecule is CCCCn1c(-c2ccc(C)cc2)ccc(CCl)c1=O. The molecule has 0 radical (unpaired) electrons. The summed E-state index contributed by atoms with van der Waals surface area (Å²) in [4.78, 5) is 12.4. The second-order valence-electron chi connectivity index (χ2n) is 5.05. The molecule has 2 rings (SSSR count). The number of hydrogen-bond donors (Lipinski definition) is 0. The number of nitrogens with zero attached hydrogens (tertiary/aromatic N) is 1. The molecule has 0 saturated heterocycles. The molecular weight excluding hydrogens is 270 g/mol. The van der Waals surface area contributed by atoms with Crippen molar-refractivity contribution < 1.29 is 0 Å². The Morgan fingerprint density at radius 3 is 2.40 bits per heavy atom. The summed E-state index contributed by atoms with van der Waals surface area (Å²) >= 11 is 5.84. The van der Waals surface area contributed by atoms with Crippen molar-refractivity contribution in [2.75, 3.05) is 0 Å². The number of hydrogen-bond acceptors (Lipinski definition) is 1. The van der Waals surface area contributed by atoms with Crippen LogP contribution in [0.2, 0.25) is 0 Å². The zero-order valence-electron chi connectivity index (χ0n) is 12.0. The summed E-state index contributed by atoms with van der Waals surface area (Å²) in [6, 6.07) is 12.1. The molecule has 0 atom stereocenters. The molecule has 3 heteroatoms. The van der Waals surface area contributed by atoms with Crippen molar-refractivity contribution in [2.45, 2.75) is 39.1 Å². The lowest BCUT2D eigenvalue weighted by Crippen LogP contribution is -2.24. The fraction of sp³-hybridized carbons (Fsp3) is 0.353. The Morgan fingerprint density at radius 2 is 1.80 bits per heavy atom. The molecule has 0 N–H and O–H groups in total. The molecule has 0 bridgehead atoms. The van der Waals surface area contributed by atoms with Gasteiger partial charge in [0.1, 0.15) is 0 Å². The van der Waals surface area contributed by atoms with Crippen LogP contribution < -0.4 is 5.56 Å². The Kier molecular flexibility index (Phi) is 5.02. The van der Waals surface area contributed by atoms with Gasteiger partial charge in [0, 0.05) is 12.1 Å². The maximum Gasteiger partial charge on any atom is 0.255 e. The first-order valence-electron chi connectivity index (χ1n) is 7.03. The minimum atomic E-state index is 0.0338. The van der Waals surface area contributed by atoms with Gasteiger partial charge in [0.2, 0.25) is 0 Å². The number of unbranched alkanes of at least 4 members (excludes halogenated alkanes) is 1. The van der Waals surface area contributed by atoms with Crippen molar-refractivity contribution in [1.82, 2.24) is 4.57 Å². The van der Waals surface area contributed by atoms with Gasteiger partial charge in [-0.1, -0.05) is 49.2 Å². The predicted molar refractivity (Wildman–Crippen MR) is 85.3 cm³/mol. The molecule has 0 spiro atoms. The van der Waals surface area contributed by atoms with Crippen molar-refractivity contribution in [3.8, 4) is 11.3 Å². The molecule has 0 aliphatic carbocycles. The van der Waals surface area contributed by atoms with Crippen LogP contribution in [0.3, 0.4) is 0 Å². The second kappa shape index (κ2) is 6.76. The number of benzene rings is 1. The van der Waals surface area contributed by atoms with Gasteiger partial charge in [-0.15, -0.1) is 11.6 Å². The average molecular weight is 290 g/mol. The van der Waals surface area contributed by atoms with Crippen LogP contribution in [0.4, 0.5) is 0 Å². The third-order valence-electron chi connectivity index (χ3n) is 3.48. The molecule has 2 aromatic rings. The molecule has 0 saturated carbocycles. The first-order chi connectivity index (χ1) is 9.67. The van der Waals surface area contributed by atoms with Gasteiger partial charge in [0.05, 0.1) is 11.6 Å². The van der Waals surface area contributed by atoms with Crippen LogP contribution in [0.15, 0.2) is 41.2 Å². The Morgan fingerprint density at radius 1 is 1.10 bits per heavy atom. The lowest BCUT2D eigenvalue weighted by Gasteiger charge is -2.14. The van der Waals surface area contributed by atoms with Gasteiger partial charge < -0.3 is 4.57 Å². The zero-order chi connectivity index (χ0) is 14.5. The quantitative estimate of drug-likeness (QED) is 0.750. The molecule has 106 valence electrons. The minimum absolute atomic E-state index is 0.0338. The summed E-state index contributed by atoms with van der Waals surface area (Å²) in [5, 5.41) is 0. The van der Waals surface area contributed by atoms with Crippen LogP contribution in [0.1, 0.15) is 30.9 Å². The fourth-order valence-electron chi connectivity index (χ4n) is 2.24. The number of aryl methyl sites for hydroxylation is 1. The van der Waals surface area contributed by atoms with E-state index in [-0.39, 0.29) is 11.4 Å². The molecule has 0 amide bonds. The average Bonchev–Trinajstić information content (AvgIpc) is 2.47. The zero-order valence-corrected chi connectivity index (χ0v) is 12.8. The predicted octanol–water partition coefficient (Wildman–Crippen LogP) is 4.36. The van der Waals surface area contributed by atoms with Crippen LogP contribution in [0.5, 0.6) is 0 Å². The number of alkyl halides is 1. The summed E-state index contributed by atoms with van der Waals surface area (Å²) in [6.07, 6.45) is 2.05. The minimum Gasteiger partial charge on any atom is -0.308 e. The monoisotopic (exact) mass is 289 g/mol. The van der Waals surface area contributed by atoms with Gasteiger partial charge in [-0.3, -0.25) is 4.79 Å². The number of aromatic nitrogens is 1. The lowest BCUT2D eigenvalue weighted by molar-refractivity contribution is 0.615. The van der Waals surface area contributed by atoms with E-state index in [1.165, 1.54) is 5.56 Å². The normalized spacial score (nSPS) is 10.8. The summed E-state index contributed by atoms with van der Waals surface area (Å²) in [5.74, 6) is 0.263. The molecule has 0 fully saturated rings. The van der Waals surface area contributed by atoms with Crippen LogP contribution in [0, 0.1) is 6.92 Å². The standard InChI is InChI=1S/C17H20ClNO/c1-3-4-11-19-16(10-9-15(12-18)17(19)20)14-7-5-13(2)6-8-14/h5-10H,3-4,11-12H2,1-2H3. The van der Waals surface area contributed by atoms with Gasteiger partial charge in [0.25, 0.3) is 5.56 Å². The van der Waals surface area contributed by atoms with E-state index in [4.69, 9.17) is 11.6 Å². The molecule has 1 aromatic carbocycles. The van der Waals surface area contributed by atoms with Gasteiger partial charge in [-0.2, -0.15) is 0 Å².